The van der Waals surface area contributed by atoms with Crippen LogP contribution in [-0.4, -0.2) is 43.3 Å². The Kier molecular flexibility index (Phi) is 4.69. The normalized spacial score (nSPS) is 16.0. The Hall–Kier alpha value is -3.42. The number of ether oxygens (including phenoxy) is 1. The first kappa shape index (κ1) is 17.0. The molecule has 0 aliphatic carbocycles. The van der Waals surface area contributed by atoms with E-state index in [2.05, 4.69) is 22.2 Å². The van der Waals surface area contributed by atoms with Crippen LogP contribution in [0.3, 0.4) is 0 Å². The summed E-state index contributed by atoms with van der Waals surface area (Å²) < 4.78 is 12.6. The highest BCUT2D eigenvalue weighted by atomic mass is 16.5. The third kappa shape index (κ3) is 3.59. The first-order chi connectivity index (χ1) is 13.2. The molecule has 0 fully saturated rings. The van der Waals surface area contributed by atoms with Gasteiger partial charge in [-0.2, -0.15) is 5.10 Å². The van der Waals surface area contributed by atoms with Gasteiger partial charge < -0.3 is 14.2 Å². The SMILES string of the molecule is CCC1C=CCN1C(=O)c1cc(COc2ccc(-n3cncn3)cc2)on1. The van der Waals surface area contributed by atoms with Gasteiger partial charge >= 0.3 is 0 Å². The molecular formula is C19H19N5O3. The van der Waals surface area contributed by atoms with Gasteiger partial charge in [-0.15, -0.1) is 0 Å². The minimum Gasteiger partial charge on any atom is -0.486 e. The van der Waals surface area contributed by atoms with Crippen molar-refractivity contribution < 1.29 is 14.1 Å². The first-order valence-electron chi connectivity index (χ1n) is 8.75. The van der Waals surface area contributed by atoms with Crippen molar-refractivity contribution >= 4 is 5.91 Å². The molecule has 0 N–H and O–H groups in total. The molecule has 0 bridgehead atoms. The molecule has 8 nitrogen and oxygen atoms in total. The van der Waals surface area contributed by atoms with E-state index in [4.69, 9.17) is 9.26 Å². The highest BCUT2D eigenvalue weighted by molar-refractivity contribution is 5.93. The van der Waals surface area contributed by atoms with E-state index in [9.17, 15) is 4.79 Å². The molecule has 1 aromatic carbocycles. The molecular weight excluding hydrogens is 346 g/mol. The van der Waals surface area contributed by atoms with E-state index in [1.54, 1.807) is 22.0 Å². The monoisotopic (exact) mass is 365 g/mol. The molecule has 0 saturated carbocycles. The number of hydrogen-bond acceptors (Lipinski definition) is 6. The molecule has 1 unspecified atom stereocenters. The molecule has 27 heavy (non-hydrogen) atoms. The zero-order valence-corrected chi connectivity index (χ0v) is 14.9. The summed E-state index contributed by atoms with van der Waals surface area (Å²) >= 11 is 0. The Balaban J connectivity index is 1.36. The zero-order valence-electron chi connectivity index (χ0n) is 14.9. The number of carbonyl (C=O) groups excluding carboxylic acids is 1. The summed E-state index contributed by atoms with van der Waals surface area (Å²) in [6.07, 6.45) is 8.03. The van der Waals surface area contributed by atoms with Crippen molar-refractivity contribution in [1.82, 2.24) is 24.8 Å². The van der Waals surface area contributed by atoms with Crippen LogP contribution in [0.5, 0.6) is 5.75 Å². The summed E-state index contributed by atoms with van der Waals surface area (Å²) in [7, 11) is 0. The molecule has 4 rings (SSSR count). The summed E-state index contributed by atoms with van der Waals surface area (Å²) in [6.45, 7) is 2.85. The van der Waals surface area contributed by atoms with E-state index < -0.39 is 0 Å². The van der Waals surface area contributed by atoms with Crippen molar-refractivity contribution in [3.05, 3.63) is 66.6 Å². The van der Waals surface area contributed by atoms with Gasteiger partial charge in [-0.1, -0.05) is 24.2 Å². The van der Waals surface area contributed by atoms with Crippen LogP contribution in [0.1, 0.15) is 29.6 Å². The number of nitrogens with zero attached hydrogens (tertiary/aromatic N) is 5. The molecule has 8 heteroatoms. The van der Waals surface area contributed by atoms with Crippen molar-refractivity contribution in [1.29, 1.82) is 0 Å². The second-order valence-electron chi connectivity index (χ2n) is 6.16. The minimum absolute atomic E-state index is 0.123. The highest BCUT2D eigenvalue weighted by Crippen LogP contribution is 2.19. The van der Waals surface area contributed by atoms with E-state index >= 15 is 0 Å². The topological polar surface area (TPSA) is 86.3 Å². The molecule has 3 heterocycles. The molecule has 0 radical (unpaired) electrons. The summed E-state index contributed by atoms with van der Waals surface area (Å²) in [6, 6.07) is 9.19. The Morgan fingerprint density at radius 2 is 2.19 bits per heavy atom. The fraction of sp³-hybridized carbons (Fsp3) is 0.263. The van der Waals surface area contributed by atoms with Crippen LogP contribution in [0.25, 0.3) is 5.69 Å². The molecule has 0 saturated heterocycles. The van der Waals surface area contributed by atoms with Crippen molar-refractivity contribution in [2.24, 2.45) is 0 Å². The van der Waals surface area contributed by atoms with Crippen molar-refractivity contribution in [3.8, 4) is 11.4 Å². The second-order valence-corrected chi connectivity index (χ2v) is 6.16. The number of hydrogen-bond donors (Lipinski definition) is 0. The third-order valence-corrected chi connectivity index (χ3v) is 4.42. The zero-order chi connectivity index (χ0) is 18.6. The van der Waals surface area contributed by atoms with Gasteiger partial charge in [0.2, 0.25) is 0 Å². The van der Waals surface area contributed by atoms with E-state index in [1.165, 1.54) is 6.33 Å². The number of carbonyl (C=O) groups is 1. The predicted octanol–water partition coefficient (Wildman–Crippen LogP) is 2.62. The summed E-state index contributed by atoms with van der Waals surface area (Å²) in [5, 5.41) is 7.97. The third-order valence-electron chi connectivity index (χ3n) is 4.42. The average molecular weight is 365 g/mol. The second kappa shape index (κ2) is 7.45. The number of amides is 1. The molecule has 0 spiro atoms. The van der Waals surface area contributed by atoms with Crippen LogP contribution in [0.4, 0.5) is 0 Å². The lowest BCUT2D eigenvalue weighted by atomic mass is 10.2. The van der Waals surface area contributed by atoms with Crippen LogP contribution >= 0.6 is 0 Å². The Bertz CT molecular complexity index is 931. The fourth-order valence-electron chi connectivity index (χ4n) is 2.98. The molecule has 3 aromatic rings. The molecule has 1 amide bonds. The van der Waals surface area contributed by atoms with Gasteiger partial charge in [-0.3, -0.25) is 4.79 Å². The summed E-state index contributed by atoms with van der Waals surface area (Å²) in [5.41, 5.74) is 1.19. The van der Waals surface area contributed by atoms with E-state index in [0.29, 0.717) is 23.7 Å². The predicted molar refractivity (Wildman–Crippen MR) is 96.4 cm³/mol. The van der Waals surface area contributed by atoms with Gasteiger partial charge in [0.15, 0.2) is 11.5 Å². The van der Waals surface area contributed by atoms with Gasteiger partial charge in [0, 0.05) is 12.6 Å². The molecule has 1 aliphatic heterocycles. The van der Waals surface area contributed by atoms with Crippen LogP contribution in [0, 0.1) is 0 Å². The molecule has 2 aromatic heterocycles. The van der Waals surface area contributed by atoms with Crippen molar-refractivity contribution in [2.45, 2.75) is 26.0 Å². The van der Waals surface area contributed by atoms with Crippen LogP contribution in [-0.2, 0) is 6.61 Å². The van der Waals surface area contributed by atoms with Crippen molar-refractivity contribution in [3.63, 3.8) is 0 Å². The number of benzene rings is 1. The van der Waals surface area contributed by atoms with Crippen LogP contribution in [0.15, 0.2) is 59.7 Å². The maximum atomic E-state index is 12.6. The summed E-state index contributed by atoms with van der Waals surface area (Å²) in [4.78, 5) is 18.3. The van der Waals surface area contributed by atoms with Gasteiger partial charge in [0.25, 0.3) is 5.91 Å². The van der Waals surface area contributed by atoms with Gasteiger partial charge in [0.05, 0.1) is 11.7 Å². The Morgan fingerprint density at radius 1 is 1.33 bits per heavy atom. The Morgan fingerprint density at radius 3 is 2.93 bits per heavy atom. The standard InChI is InChI=1S/C19H19N5O3/c1-2-14-4-3-9-23(14)19(25)18-10-17(27-22-18)11-26-16-7-5-15(6-8-16)24-13-20-12-21-24/h3-8,10,12-14H,2,9,11H2,1H3. The van der Waals surface area contributed by atoms with E-state index in [0.717, 1.165) is 12.1 Å². The largest absolute Gasteiger partial charge is 0.486 e. The fourth-order valence-corrected chi connectivity index (χ4v) is 2.98. The maximum Gasteiger partial charge on any atom is 0.276 e. The number of rotatable bonds is 6. The smallest absolute Gasteiger partial charge is 0.276 e. The van der Waals surface area contributed by atoms with Crippen LogP contribution < -0.4 is 4.74 Å². The maximum absolute atomic E-state index is 12.6. The lowest BCUT2D eigenvalue weighted by molar-refractivity contribution is 0.0737. The number of aromatic nitrogens is 4. The molecule has 1 atom stereocenters. The quantitative estimate of drug-likeness (QED) is 0.624. The average Bonchev–Trinajstić information content (AvgIpc) is 3.47. The van der Waals surface area contributed by atoms with Crippen molar-refractivity contribution in [2.75, 3.05) is 6.54 Å². The lowest BCUT2D eigenvalue weighted by Crippen LogP contribution is -2.35. The Labute approximate surface area is 156 Å². The van der Waals surface area contributed by atoms with Gasteiger partial charge in [-0.05, 0) is 30.7 Å². The van der Waals surface area contributed by atoms with E-state index in [-0.39, 0.29) is 18.6 Å². The van der Waals surface area contributed by atoms with E-state index in [1.807, 2.05) is 36.4 Å². The first-order valence-corrected chi connectivity index (χ1v) is 8.75. The lowest BCUT2D eigenvalue weighted by Gasteiger charge is -2.22. The minimum atomic E-state index is -0.126. The van der Waals surface area contributed by atoms with Crippen LogP contribution in [0.2, 0.25) is 0 Å². The molecule has 138 valence electrons. The molecule has 1 aliphatic rings. The highest BCUT2D eigenvalue weighted by Gasteiger charge is 2.26. The summed E-state index contributed by atoms with van der Waals surface area (Å²) in [5.74, 6) is 1.05. The van der Waals surface area contributed by atoms with Gasteiger partial charge in [0.1, 0.15) is 25.0 Å². The van der Waals surface area contributed by atoms with Gasteiger partial charge in [-0.25, -0.2) is 9.67 Å².